The van der Waals surface area contributed by atoms with Gasteiger partial charge in [-0.1, -0.05) is 0 Å². The van der Waals surface area contributed by atoms with E-state index in [2.05, 4.69) is 20.5 Å². The summed E-state index contributed by atoms with van der Waals surface area (Å²) in [6.07, 6.45) is -2.72. The van der Waals surface area contributed by atoms with Gasteiger partial charge in [0.05, 0.1) is 6.04 Å². The Morgan fingerprint density at radius 1 is 1.26 bits per heavy atom. The fourth-order valence-corrected chi connectivity index (χ4v) is 2.19. The second-order valence-corrected chi connectivity index (χ2v) is 5.24. The number of thiazole rings is 1. The Morgan fingerprint density at radius 3 is 2.47 bits per heavy atom. The maximum atomic E-state index is 12.3. The zero-order chi connectivity index (χ0) is 14.0. The Balaban J connectivity index is 2.07. The van der Waals surface area contributed by atoms with E-state index in [-0.39, 0.29) is 11.9 Å². The lowest BCUT2D eigenvalue weighted by Crippen LogP contribution is -2.12. The van der Waals surface area contributed by atoms with Crippen LogP contribution in [-0.2, 0) is 6.18 Å². The van der Waals surface area contributed by atoms with Gasteiger partial charge in [-0.2, -0.15) is 13.2 Å². The molecule has 1 atom stereocenters. The molecule has 0 saturated carbocycles. The van der Waals surface area contributed by atoms with Crippen molar-refractivity contribution in [2.24, 2.45) is 0 Å². The van der Waals surface area contributed by atoms with Crippen LogP contribution in [0.4, 0.5) is 19.0 Å². The quantitative estimate of drug-likeness (QED) is 0.940. The van der Waals surface area contributed by atoms with Crippen molar-refractivity contribution in [3.63, 3.8) is 0 Å². The van der Waals surface area contributed by atoms with Gasteiger partial charge in [-0.3, -0.25) is 0 Å². The summed E-state index contributed by atoms with van der Waals surface area (Å²) in [5.74, 6) is 0.286. The highest BCUT2D eigenvalue weighted by molar-refractivity contribution is 7.11. The fraction of sp³-hybridized carbons (Fsp3) is 0.364. The largest absolute Gasteiger partial charge is 0.435 e. The van der Waals surface area contributed by atoms with Crippen molar-refractivity contribution in [2.45, 2.75) is 26.1 Å². The van der Waals surface area contributed by atoms with E-state index in [1.807, 2.05) is 13.8 Å². The molecule has 0 aromatic carbocycles. The molecule has 0 aliphatic heterocycles. The van der Waals surface area contributed by atoms with Crippen LogP contribution in [-0.4, -0.2) is 15.2 Å². The maximum Gasteiger partial charge on any atom is 0.435 e. The Bertz CT molecular complexity index is 550. The van der Waals surface area contributed by atoms with Crippen LogP contribution in [0, 0.1) is 6.92 Å². The molecule has 0 bridgehead atoms. The summed E-state index contributed by atoms with van der Waals surface area (Å²) in [5.41, 5.74) is -1.00. The first kappa shape index (κ1) is 13.7. The molecule has 2 heterocycles. The average molecular weight is 288 g/mol. The van der Waals surface area contributed by atoms with Crippen molar-refractivity contribution >= 4 is 17.2 Å². The molecular formula is C11H11F3N4S. The van der Waals surface area contributed by atoms with E-state index in [0.717, 1.165) is 16.0 Å². The number of anilines is 1. The molecule has 0 radical (unpaired) electrons. The number of hydrogen-bond donors (Lipinski definition) is 1. The molecule has 2 rings (SSSR count). The second kappa shape index (κ2) is 5.12. The highest BCUT2D eigenvalue weighted by Gasteiger charge is 2.32. The standard InChI is InChI=1S/C11H11F3N4S/c1-6-5-15-10(19-6)7(2)16-9-4-3-8(17-18-9)11(12,13)14/h3-5,7H,1-2H3,(H,16,18). The van der Waals surface area contributed by atoms with Crippen LogP contribution in [0.3, 0.4) is 0 Å². The Labute approximate surface area is 111 Å². The van der Waals surface area contributed by atoms with Crippen LogP contribution in [0.5, 0.6) is 0 Å². The molecule has 2 aromatic heterocycles. The van der Waals surface area contributed by atoms with Crippen LogP contribution < -0.4 is 5.32 Å². The molecule has 1 unspecified atom stereocenters. The van der Waals surface area contributed by atoms with E-state index in [4.69, 9.17) is 0 Å². The third-order valence-corrected chi connectivity index (χ3v) is 3.42. The van der Waals surface area contributed by atoms with Crippen LogP contribution in [0.25, 0.3) is 0 Å². The van der Waals surface area contributed by atoms with Gasteiger partial charge in [0.25, 0.3) is 0 Å². The highest BCUT2D eigenvalue weighted by atomic mass is 32.1. The van der Waals surface area contributed by atoms with Gasteiger partial charge in [-0.25, -0.2) is 4.98 Å². The summed E-state index contributed by atoms with van der Waals surface area (Å²) in [6, 6.07) is 2.02. The number of aryl methyl sites for hydroxylation is 1. The molecule has 0 fully saturated rings. The minimum atomic E-state index is -4.47. The van der Waals surface area contributed by atoms with Crippen LogP contribution >= 0.6 is 11.3 Å². The SMILES string of the molecule is Cc1cnc(C(C)Nc2ccc(C(F)(F)F)nn2)s1. The van der Waals surface area contributed by atoms with Gasteiger partial charge >= 0.3 is 6.18 Å². The first-order valence-electron chi connectivity index (χ1n) is 5.46. The molecule has 102 valence electrons. The van der Waals surface area contributed by atoms with Crippen molar-refractivity contribution in [1.29, 1.82) is 0 Å². The number of aromatic nitrogens is 3. The number of hydrogen-bond acceptors (Lipinski definition) is 5. The lowest BCUT2D eigenvalue weighted by atomic mass is 10.3. The minimum absolute atomic E-state index is 0.135. The van der Waals surface area contributed by atoms with Gasteiger partial charge in [0.1, 0.15) is 10.8 Å². The summed E-state index contributed by atoms with van der Waals surface area (Å²) in [5, 5.41) is 10.5. The number of nitrogens with one attached hydrogen (secondary N) is 1. The molecule has 2 aromatic rings. The van der Waals surface area contributed by atoms with Gasteiger partial charge in [0.15, 0.2) is 5.69 Å². The smallest absolute Gasteiger partial charge is 0.360 e. The lowest BCUT2D eigenvalue weighted by Gasteiger charge is -2.11. The van der Waals surface area contributed by atoms with Gasteiger partial charge in [0, 0.05) is 11.1 Å². The topological polar surface area (TPSA) is 50.7 Å². The summed E-state index contributed by atoms with van der Waals surface area (Å²) < 4.78 is 37.0. The van der Waals surface area contributed by atoms with Crippen molar-refractivity contribution in [2.75, 3.05) is 5.32 Å². The van der Waals surface area contributed by atoms with E-state index < -0.39 is 11.9 Å². The normalized spacial score (nSPS) is 13.3. The first-order chi connectivity index (χ1) is 8.86. The highest BCUT2D eigenvalue weighted by Crippen LogP contribution is 2.28. The summed E-state index contributed by atoms with van der Waals surface area (Å²) in [4.78, 5) is 5.27. The molecule has 0 aliphatic carbocycles. The van der Waals surface area contributed by atoms with E-state index >= 15 is 0 Å². The van der Waals surface area contributed by atoms with Gasteiger partial charge in [0.2, 0.25) is 0 Å². The van der Waals surface area contributed by atoms with E-state index in [1.54, 1.807) is 6.20 Å². The summed E-state index contributed by atoms with van der Waals surface area (Å²) in [7, 11) is 0. The Kier molecular flexibility index (Phi) is 3.70. The molecule has 1 N–H and O–H groups in total. The van der Waals surface area contributed by atoms with Crippen LogP contribution in [0.15, 0.2) is 18.3 Å². The van der Waals surface area contributed by atoms with E-state index in [1.165, 1.54) is 17.4 Å². The zero-order valence-corrected chi connectivity index (χ0v) is 11.0. The monoisotopic (exact) mass is 288 g/mol. The molecule has 8 heteroatoms. The molecule has 4 nitrogen and oxygen atoms in total. The van der Waals surface area contributed by atoms with Crippen molar-refractivity contribution in [1.82, 2.24) is 15.2 Å². The number of nitrogens with zero attached hydrogens (tertiary/aromatic N) is 3. The Morgan fingerprint density at radius 2 is 2.00 bits per heavy atom. The van der Waals surface area contributed by atoms with Gasteiger partial charge in [-0.15, -0.1) is 21.5 Å². The molecule has 0 aliphatic rings. The zero-order valence-electron chi connectivity index (χ0n) is 10.2. The van der Waals surface area contributed by atoms with E-state index in [0.29, 0.717) is 0 Å². The van der Waals surface area contributed by atoms with Crippen molar-refractivity contribution in [3.8, 4) is 0 Å². The molecule has 0 saturated heterocycles. The number of alkyl halides is 3. The predicted molar refractivity (Wildman–Crippen MR) is 65.9 cm³/mol. The van der Waals surface area contributed by atoms with E-state index in [9.17, 15) is 13.2 Å². The van der Waals surface area contributed by atoms with Crippen molar-refractivity contribution in [3.05, 3.63) is 33.9 Å². The van der Waals surface area contributed by atoms with Gasteiger partial charge < -0.3 is 5.32 Å². The summed E-state index contributed by atoms with van der Waals surface area (Å²) >= 11 is 1.52. The number of rotatable bonds is 3. The van der Waals surface area contributed by atoms with Crippen LogP contribution in [0.2, 0.25) is 0 Å². The fourth-order valence-electron chi connectivity index (χ4n) is 1.42. The van der Waals surface area contributed by atoms with Gasteiger partial charge in [-0.05, 0) is 26.0 Å². The average Bonchev–Trinajstić information content (AvgIpc) is 2.75. The minimum Gasteiger partial charge on any atom is -0.360 e. The molecular weight excluding hydrogens is 277 g/mol. The molecule has 0 amide bonds. The summed E-state index contributed by atoms with van der Waals surface area (Å²) in [6.45, 7) is 3.80. The third-order valence-electron chi connectivity index (χ3n) is 2.33. The predicted octanol–water partition coefficient (Wildman–Crippen LogP) is 3.43. The molecule has 0 spiro atoms. The third kappa shape index (κ3) is 3.40. The molecule has 19 heavy (non-hydrogen) atoms. The van der Waals surface area contributed by atoms with Crippen LogP contribution in [0.1, 0.15) is 28.5 Å². The second-order valence-electron chi connectivity index (χ2n) is 3.98. The van der Waals surface area contributed by atoms with Crippen molar-refractivity contribution < 1.29 is 13.2 Å². The Hall–Kier alpha value is -1.70. The first-order valence-corrected chi connectivity index (χ1v) is 6.27. The lowest BCUT2D eigenvalue weighted by molar-refractivity contribution is -0.141. The maximum absolute atomic E-state index is 12.3. The number of halogens is 3.